The number of hydrogen-bond donors (Lipinski definition) is 2. The number of rotatable bonds is 5. The second-order valence-electron chi connectivity index (χ2n) is 10.0. The summed E-state index contributed by atoms with van der Waals surface area (Å²) in [5.74, 6) is 3.08. The van der Waals surface area contributed by atoms with E-state index in [2.05, 4.69) is 15.3 Å². The van der Waals surface area contributed by atoms with Crippen molar-refractivity contribution in [2.45, 2.75) is 50.9 Å². The van der Waals surface area contributed by atoms with Gasteiger partial charge >= 0.3 is 0 Å². The molecule has 2 aliphatic carbocycles. The van der Waals surface area contributed by atoms with E-state index >= 15 is 0 Å². The van der Waals surface area contributed by atoms with Crippen molar-refractivity contribution in [3.05, 3.63) is 11.3 Å². The normalized spacial score (nSPS) is 38.2. The Morgan fingerprint density at radius 1 is 1.17 bits per heavy atom. The van der Waals surface area contributed by atoms with Crippen LogP contribution in [-0.4, -0.2) is 53.1 Å². The zero-order chi connectivity index (χ0) is 20.2. The predicted octanol–water partition coefficient (Wildman–Crippen LogP) is 1.94. The summed E-state index contributed by atoms with van der Waals surface area (Å²) in [5.41, 5.74) is 7.39. The average molecular weight is 400 g/mol. The molecular weight excluding hydrogens is 366 g/mol. The minimum atomic E-state index is -0.0849. The van der Waals surface area contributed by atoms with Gasteiger partial charge in [0.05, 0.1) is 16.7 Å². The van der Waals surface area contributed by atoms with Crippen LogP contribution in [0, 0.1) is 23.2 Å². The summed E-state index contributed by atoms with van der Waals surface area (Å²) in [6.07, 6.45) is 8.49. The van der Waals surface area contributed by atoms with Crippen LogP contribution in [0.15, 0.2) is 0 Å². The van der Waals surface area contributed by atoms with Crippen molar-refractivity contribution in [1.29, 1.82) is 0 Å². The number of nitrogen functional groups attached to an aromatic ring is 1. The molecule has 7 heteroatoms. The topological polar surface area (TPSA) is 93.2 Å². The first-order valence-corrected chi connectivity index (χ1v) is 11.3. The van der Waals surface area contributed by atoms with Gasteiger partial charge in [0.15, 0.2) is 6.29 Å². The molecule has 2 saturated carbocycles. The lowest BCUT2D eigenvalue weighted by atomic mass is 9.71. The Labute approximate surface area is 172 Å². The maximum absolute atomic E-state index is 12.9. The Balaban J connectivity index is 1.15. The Morgan fingerprint density at radius 3 is 2.38 bits per heavy atom. The lowest BCUT2D eigenvalue weighted by Gasteiger charge is -2.47. The minimum Gasteiger partial charge on any atom is -0.383 e. The maximum atomic E-state index is 12.9. The van der Waals surface area contributed by atoms with E-state index in [-0.39, 0.29) is 5.41 Å². The molecular formula is C22H33N5O2. The van der Waals surface area contributed by atoms with Gasteiger partial charge in [-0.15, -0.1) is 0 Å². The summed E-state index contributed by atoms with van der Waals surface area (Å²) in [4.78, 5) is 26.9. The Kier molecular flexibility index (Phi) is 4.68. The molecule has 7 nitrogen and oxygen atoms in total. The maximum Gasteiger partial charge on any atom is 0.226 e. The number of carbonyl (C=O) groups is 2. The summed E-state index contributed by atoms with van der Waals surface area (Å²) >= 11 is 0. The number of aldehydes is 1. The van der Waals surface area contributed by atoms with Gasteiger partial charge in [-0.3, -0.25) is 14.3 Å². The Bertz CT molecular complexity index is 783. The van der Waals surface area contributed by atoms with E-state index in [0.29, 0.717) is 41.0 Å². The van der Waals surface area contributed by atoms with E-state index in [1.54, 1.807) is 11.7 Å². The molecule has 2 bridgehead atoms. The van der Waals surface area contributed by atoms with Gasteiger partial charge in [0.1, 0.15) is 5.82 Å². The van der Waals surface area contributed by atoms with Crippen LogP contribution >= 0.6 is 0 Å². The highest BCUT2D eigenvalue weighted by molar-refractivity contribution is 5.84. The SMILES string of the molecule is Cn1nc(C2CC3CC(CNC(=O)C45CCN(CC4)CC5)CC3C2)c(C=O)c1N. The van der Waals surface area contributed by atoms with Crippen molar-refractivity contribution in [2.24, 2.45) is 30.2 Å². The van der Waals surface area contributed by atoms with Gasteiger partial charge in [-0.05, 0) is 82.3 Å². The number of aryl methyl sites for hydroxylation is 1. The molecule has 1 aromatic heterocycles. The molecule has 2 unspecified atom stereocenters. The molecule has 6 rings (SSSR count). The van der Waals surface area contributed by atoms with Crippen molar-refractivity contribution in [2.75, 3.05) is 31.9 Å². The van der Waals surface area contributed by atoms with Gasteiger partial charge in [-0.1, -0.05) is 0 Å². The van der Waals surface area contributed by atoms with Crippen LogP contribution in [0.25, 0.3) is 0 Å². The fourth-order valence-electron chi connectivity index (χ4n) is 6.72. The van der Waals surface area contributed by atoms with Crippen molar-refractivity contribution in [1.82, 2.24) is 20.0 Å². The van der Waals surface area contributed by atoms with Crippen LogP contribution < -0.4 is 11.1 Å². The van der Waals surface area contributed by atoms with E-state index in [1.165, 1.54) is 12.8 Å². The molecule has 3 saturated heterocycles. The van der Waals surface area contributed by atoms with Crippen molar-refractivity contribution >= 4 is 18.0 Å². The van der Waals surface area contributed by atoms with E-state index in [4.69, 9.17) is 5.73 Å². The molecule has 5 fully saturated rings. The summed E-state index contributed by atoms with van der Waals surface area (Å²) in [7, 11) is 1.80. The third kappa shape index (κ3) is 3.18. The standard InChI is InChI=1S/C22H33N5O2/c1-26-20(23)18(13-28)19(25-26)17-10-15-8-14(9-16(15)11-17)12-24-21(29)22-2-5-27(6-3-22)7-4-22/h13-17H,2-12,23H2,1H3,(H,24,29). The van der Waals surface area contributed by atoms with Crippen molar-refractivity contribution in [3.8, 4) is 0 Å². The fraction of sp³-hybridized carbons (Fsp3) is 0.773. The van der Waals surface area contributed by atoms with Gasteiger partial charge in [0.25, 0.3) is 0 Å². The first-order chi connectivity index (χ1) is 14.0. The van der Waals surface area contributed by atoms with Crippen LogP contribution in [0.2, 0.25) is 0 Å². The zero-order valence-corrected chi connectivity index (χ0v) is 17.4. The van der Waals surface area contributed by atoms with Gasteiger partial charge in [0.2, 0.25) is 5.91 Å². The zero-order valence-electron chi connectivity index (χ0n) is 17.4. The number of nitrogens with zero attached hydrogens (tertiary/aromatic N) is 3. The summed E-state index contributed by atoms with van der Waals surface area (Å²) in [6, 6.07) is 0. The average Bonchev–Trinajstić information content (AvgIpc) is 3.39. The number of amides is 1. The second kappa shape index (κ2) is 7.11. The van der Waals surface area contributed by atoms with Crippen molar-refractivity contribution < 1.29 is 9.59 Å². The molecule has 158 valence electrons. The monoisotopic (exact) mass is 399 g/mol. The highest BCUT2D eigenvalue weighted by atomic mass is 16.2. The number of nitrogens with one attached hydrogen (secondary N) is 1. The Morgan fingerprint density at radius 2 is 1.79 bits per heavy atom. The van der Waals surface area contributed by atoms with Gasteiger partial charge in [-0.25, -0.2) is 0 Å². The molecule has 1 amide bonds. The smallest absolute Gasteiger partial charge is 0.226 e. The summed E-state index contributed by atoms with van der Waals surface area (Å²) < 4.78 is 1.63. The number of nitrogens with two attached hydrogens (primary N) is 1. The van der Waals surface area contributed by atoms with Crippen molar-refractivity contribution in [3.63, 3.8) is 0 Å². The first kappa shape index (κ1) is 19.1. The van der Waals surface area contributed by atoms with Gasteiger partial charge < -0.3 is 16.0 Å². The highest BCUT2D eigenvalue weighted by Crippen LogP contribution is 2.52. The first-order valence-electron chi connectivity index (χ1n) is 11.3. The highest BCUT2D eigenvalue weighted by Gasteiger charge is 2.46. The van der Waals surface area contributed by atoms with Crippen LogP contribution in [0.4, 0.5) is 5.82 Å². The second-order valence-corrected chi connectivity index (χ2v) is 10.0. The molecule has 29 heavy (non-hydrogen) atoms. The van der Waals surface area contributed by atoms with E-state index in [0.717, 1.165) is 70.3 Å². The van der Waals surface area contributed by atoms with E-state index < -0.39 is 0 Å². The van der Waals surface area contributed by atoms with Crippen LogP contribution in [0.1, 0.15) is 66.9 Å². The number of piperidine rings is 3. The third-order valence-corrected chi connectivity index (χ3v) is 8.53. The number of fused-ring (bicyclic) bond motifs is 4. The number of carbonyl (C=O) groups excluding carboxylic acids is 2. The lowest BCUT2D eigenvalue weighted by molar-refractivity contribution is -0.138. The fourth-order valence-corrected chi connectivity index (χ4v) is 6.72. The Hall–Kier alpha value is -1.89. The molecule has 4 heterocycles. The summed E-state index contributed by atoms with van der Waals surface area (Å²) in [5, 5.41) is 7.88. The molecule has 0 aromatic carbocycles. The molecule has 3 N–H and O–H groups in total. The minimum absolute atomic E-state index is 0.0849. The van der Waals surface area contributed by atoms with E-state index in [1.807, 2.05) is 0 Å². The van der Waals surface area contributed by atoms with Gasteiger partial charge in [-0.2, -0.15) is 5.10 Å². The predicted molar refractivity (Wildman–Crippen MR) is 110 cm³/mol. The molecule has 1 aromatic rings. The number of anilines is 1. The quantitative estimate of drug-likeness (QED) is 0.738. The largest absolute Gasteiger partial charge is 0.383 e. The van der Waals surface area contributed by atoms with Crippen LogP contribution in [0.5, 0.6) is 0 Å². The molecule has 3 aliphatic heterocycles. The number of aromatic nitrogens is 2. The molecule has 0 spiro atoms. The lowest BCUT2D eigenvalue weighted by Crippen LogP contribution is -2.55. The molecule has 2 atom stereocenters. The number of hydrogen-bond acceptors (Lipinski definition) is 5. The van der Waals surface area contributed by atoms with Gasteiger partial charge in [0, 0.05) is 19.5 Å². The third-order valence-electron chi connectivity index (χ3n) is 8.53. The van der Waals surface area contributed by atoms with E-state index in [9.17, 15) is 9.59 Å². The van der Waals surface area contributed by atoms with Crippen LogP contribution in [0.3, 0.4) is 0 Å². The molecule has 0 radical (unpaired) electrons. The summed E-state index contributed by atoms with van der Waals surface area (Å²) in [6.45, 7) is 4.09. The molecule has 5 aliphatic rings. The van der Waals surface area contributed by atoms with Crippen LogP contribution in [-0.2, 0) is 11.8 Å².